The summed E-state index contributed by atoms with van der Waals surface area (Å²) in [6.07, 6.45) is 3.32. The van der Waals surface area contributed by atoms with Gasteiger partial charge >= 0.3 is 6.03 Å². The van der Waals surface area contributed by atoms with Gasteiger partial charge in [-0.1, -0.05) is 18.2 Å². The van der Waals surface area contributed by atoms with Gasteiger partial charge in [0.25, 0.3) is 5.91 Å². The lowest BCUT2D eigenvalue weighted by molar-refractivity contribution is -0.131. The zero-order valence-corrected chi connectivity index (χ0v) is 12.4. The van der Waals surface area contributed by atoms with Crippen LogP contribution in [0.2, 0.25) is 0 Å². The van der Waals surface area contributed by atoms with Crippen LogP contribution in [0, 0.1) is 0 Å². The van der Waals surface area contributed by atoms with Gasteiger partial charge in [0.15, 0.2) is 0 Å². The third kappa shape index (κ3) is 2.21. The lowest BCUT2D eigenvalue weighted by Gasteiger charge is -2.23. The van der Waals surface area contributed by atoms with Crippen LogP contribution in [-0.2, 0) is 27.9 Å². The van der Waals surface area contributed by atoms with E-state index < -0.39 is 5.54 Å². The highest BCUT2D eigenvalue weighted by Crippen LogP contribution is 2.32. The van der Waals surface area contributed by atoms with E-state index in [2.05, 4.69) is 17.4 Å². The highest BCUT2D eigenvalue weighted by Gasteiger charge is 2.48. The van der Waals surface area contributed by atoms with E-state index in [4.69, 9.17) is 4.74 Å². The molecule has 0 saturated carbocycles. The molecule has 1 atom stereocenters. The number of fused-ring (bicyclic) bond motifs is 1. The average molecular weight is 288 g/mol. The van der Waals surface area contributed by atoms with E-state index in [1.165, 1.54) is 16.0 Å². The summed E-state index contributed by atoms with van der Waals surface area (Å²) in [6.45, 7) is 2.40. The van der Waals surface area contributed by atoms with Gasteiger partial charge in [0.1, 0.15) is 5.54 Å². The van der Waals surface area contributed by atoms with E-state index in [1.54, 1.807) is 14.0 Å². The molecule has 1 N–H and O–H groups in total. The van der Waals surface area contributed by atoms with Crippen molar-refractivity contribution >= 4 is 11.9 Å². The number of ether oxygens (including phenoxy) is 1. The number of amides is 3. The zero-order valence-electron chi connectivity index (χ0n) is 12.4. The minimum Gasteiger partial charge on any atom is -0.383 e. The molecule has 1 aromatic carbocycles. The third-order valence-electron chi connectivity index (χ3n) is 4.47. The van der Waals surface area contributed by atoms with Crippen LogP contribution in [0.4, 0.5) is 4.79 Å². The van der Waals surface area contributed by atoms with E-state index in [1.807, 2.05) is 6.07 Å². The Morgan fingerprint density at radius 1 is 1.29 bits per heavy atom. The highest BCUT2D eigenvalue weighted by molar-refractivity contribution is 6.07. The van der Waals surface area contributed by atoms with Crippen molar-refractivity contribution in [2.24, 2.45) is 0 Å². The summed E-state index contributed by atoms with van der Waals surface area (Å²) in [5.41, 5.74) is 2.55. The monoisotopic (exact) mass is 288 g/mol. The predicted octanol–water partition coefficient (Wildman–Crippen LogP) is 1.59. The molecule has 1 aliphatic carbocycles. The Bertz CT molecular complexity index is 599. The van der Waals surface area contributed by atoms with E-state index in [0.29, 0.717) is 6.61 Å². The second-order valence-electron chi connectivity index (χ2n) is 5.84. The van der Waals surface area contributed by atoms with Gasteiger partial charge in [-0.2, -0.15) is 0 Å². The fraction of sp³-hybridized carbons (Fsp3) is 0.500. The summed E-state index contributed by atoms with van der Waals surface area (Å²) in [4.78, 5) is 25.9. The number of hydrogen-bond donors (Lipinski definition) is 1. The van der Waals surface area contributed by atoms with Crippen LogP contribution in [0.15, 0.2) is 18.2 Å². The largest absolute Gasteiger partial charge is 0.383 e. The Morgan fingerprint density at radius 3 is 2.81 bits per heavy atom. The van der Waals surface area contributed by atoms with Crippen LogP contribution in [0.1, 0.15) is 30.0 Å². The lowest BCUT2D eigenvalue weighted by Crippen LogP contribution is -2.41. The molecule has 5 nitrogen and oxygen atoms in total. The topological polar surface area (TPSA) is 58.6 Å². The maximum absolute atomic E-state index is 12.6. The Hall–Kier alpha value is -1.88. The average Bonchev–Trinajstić information content (AvgIpc) is 3.01. The summed E-state index contributed by atoms with van der Waals surface area (Å²) in [5, 5.41) is 2.83. The first-order valence-electron chi connectivity index (χ1n) is 7.31. The minimum absolute atomic E-state index is 0.206. The maximum Gasteiger partial charge on any atom is 0.325 e. The van der Waals surface area contributed by atoms with Crippen LogP contribution in [0.3, 0.4) is 0 Å². The fourth-order valence-corrected chi connectivity index (χ4v) is 3.16. The molecule has 1 aromatic rings. The molecule has 1 fully saturated rings. The van der Waals surface area contributed by atoms with Crippen LogP contribution in [-0.4, -0.2) is 37.1 Å². The maximum atomic E-state index is 12.6. The summed E-state index contributed by atoms with van der Waals surface area (Å²) in [5.74, 6) is -0.206. The number of hydrogen-bond acceptors (Lipinski definition) is 3. The molecule has 1 heterocycles. The summed E-state index contributed by atoms with van der Waals surface area (Å²) in [6, 6.07) is 5.77. The van der Waals surface area contributed by atoms with Crippen molar-refractivity contribution in [1.82, 2.24) is 10.2 Å². The lowest BCUT2D eigenvalue weighted by atomic mass is 9.90. The Balaban J connectivity index is 1.90. The molecule has 5 heteroatoms. The Kier molecular flexibility index (Phi) is 3.45. The van der Waals surface area contributed by atoms with Crippen LogP contribution in [0.25, 0.3) is 0 Å². The number of carbonyl (C=O) groups is 2. The van der Waals surface area contributed by atoms with Crippen LogP contribution >= 0.6 is 0 Å². The molecule has 0 spiro atoms. The molecule has 112 valence electrons. The van der Waals surface area contributed by atoms with Gasteiger partial charge in [0.2, 0.25) is 0 Å². The van der Waals surface area contributed by atoms with Crippen molar-refractivity contribution in [3.63, 3.8) is 0 Å². The van der Waals surface area contributed by atoms with Gasteiger partial charge in [0.05, 0.1) is 13.2 Å². The third-order valence-corrected chi connectivity index (χ3v) is 4.47. The molecule has 1 saturated heterocycles. The van der Waals surface area contributed by atoms with Crippen molar-refractivity contribution in [2.45, 2.75) is 31.7 Å². The molecule has 0 aromatic heterocycles. The number of rotatable bonds is 4. The first kappa shape index (κ1) is 14.1. The molecular weight excluding hydrogens is 268 g/mol. The molecular formula is C16H20N2O3. The number of nitrogens with zero attached hydrogens (tertiary/aromatic N) is 1. The van der Waals surface area contributed by atoms with Gasteiger partial charge in [0, 0.05) is 7.11 Å². The Morgan fingerprint density at radius 2 is 2.05 bits per heavy atom. The number of aryl methyl sites for hydroxylation is 2. The normalized spacial score (nSPS) is 24.4. The first-order chi connectivity index (χ1) is 10.1. The predicted molar refractivity (Wildman–Crippen MR) is 77.9 cm³/mol. The van der Waals surface area contributed by atoms with Gasteiger partial charge in [-0.15, -0.1) is 0 Å². The second-order valence-corrected chi connectivity index (χ2v) is 5.84. The molecule has 0 unspecified atom stereocenters. The number of imide groups is 1. The van der Waals surface area contributed by atoms with Crippen molar-refractivity contribution in [3.05, 3.63) is 34.9 Å². The first-order valence-corrected chi connectivity index (χ1v) is 7.31. The highest BCUT2D eigenvalue weighted by atomic mass is 16.5. The molecule has 2 aliphatic rings. The quantitative estimate of drug-likeness (QED) is 0.856. The molecule has 0 bridgehead atoms. The van der Waals surface area contributed by atoms with Crippen molar-refractivity contribution in [1.29, 1.82) is 0 Å². The SMILES string of the molecule is COCCN1C(=O)N[C@@](C)(c2ccc3c(c2)CCC3)C1=O. The van der Waals surface area contributed by atoms with E-state index in [-0.39, 0.29) is 18.5 Å². The summed E-state index contributed by atoms with van der Waals surface area (Å²) < 4.78 is 4.96. The Labute approximate surface area is 124 Å². The number of urea groups is 1. The van der Waals surface area contributed by atoms with Crippen LogP contribution in [0.5, 0.6) is 0 Å². The zero-order chi connectivity index (χ0) is 15.0. The minimum atomic E-state index is -0.970. The molecule has 3 amide bonds. The van der Waals surface area contributed by atoms with E-state index >= 15 is 0 Å². The van der Waals surface area contributed by atoms with Crippen molar-refractivity contribution < 1.29 is 14.3 Å². The van der Waals surface area contributed by atoms with Gasteiger partial charge in [-0.05, 0) is 42.9 Å². The molecule has 21 heavy (non-hydrogen) atoms. The summed E-state index contributed by atoms with van der Waals surface area (Å²) in [7, 11) is 1.55. The standard InChI is InChI=1S/C16H20N2O3/c1-16(13-7-6-11-4-3-5-12(11)10-13)14(19)18(8-9-21-2)15(20)17-16/h6-7,10H,3-5,8-9H2,1-2H3,(H,17,20)/t16-/m0/s1. The fourth-order valence-electron chi connectivity index (χ4n) is 3.16. The number of benzene rings is 1. The van der Waals surface area contributed by atoms with E-state index in [9.17, 15) is 9.59 Å². The molecule has 0 radical (unpaired) electrons. The van der Waals surface area contributed by atoms with Crippen molar-refractivity contribution in [2.75, 3.05) is 20.3 Å². The van der Waals surface area contributed by atoms with Gasteiger partial charge in [-0.25, -0.2) is 4.79 Å². The number of methoxy groups -OCH3 is 1. The number of nitrogens with one attached hydrogen (secondary N) is 1. The van der Waals surface area contributed by atoms with Gasteiger partial charge < -0.3 is 10.1 Å². The van der Waals surface area contributed by atoms with E-state index in [0.717, 1.165) is 24.8 Å². The smallest absolute Gasteiger partial charge is 0.325 e. The second kappa shape index (κ2) is 5.15. The van der Waals surface area contributed by atoms with Crippen molar-refractivity contribution in [3.8, 4) is 0 Å². The van der Waals surface area contributed by atoms with Gasteiger partial charge in [-0.3, -0.25) is 9.69 Å². The summed E-state index contributed by atoms with van der Waals surface area (Å²) >= 11 is 0. The number of carbonyl (C=O) groups excluding carboxylic acids is 2. The molecule has 3 rings (SSSR count). The molecule has 1 aliphatic heterocycles. The van der Waals surface area contributed by atoms with Crippen LogP contribution < -0.4 is 5.32 Å².